The fraction of sp³-hybridized carbons (Fsp3) is 0.588. The van der Waals surface area contributed by atoms with Gasteiger partial charge in [0.05, 0.1) is 23.7 Å². The van der Waals surface area contributed by atoms with Gasteiger partial charge in [-0.1, -0.05) is 11.6 Å². The molecule has 0 radical (unpaired) electrons. The van der Waals surface area contributed by atoms with E-state index in [-0.39, 0.29) is 5.91 Å². The molecule has 1 aromatic rings. The Morgan fingerprint density at radius 1 is 1.25 bits per heavy atom. The van der Waals surface area contributed by atoms with Crippen LogP contribution in [-0.4, -0.2) is 53.0 Å². The van der Waals surface area contributed by atoms with E-state index in [2.05, 4.69) is 10.6 Å². The van der Waals surface area contributed by atoms with Crippen molar-refractivity contribution in [1.82, 2.24) is 5.32 Å². The molecule has 134 valence electrons. The van der Waals surface area contributed by atoms with Crippen molar-refractivity contribution in [2.45, 2.75) is 12.8 Å². The van der Waals surface area contributed by atoms with E-state index in [1.807, 2.05) is 0 Å². The molecule has 1 amide bonds. The Balaban J connectivity index is 2.03. The maximum atomic E-state index is 12.8. The predicted octanol–water partition coefficient (Wildman–Crippen LogP) is 2.32. The molecule has 2 N–H and O–H groups in total. The SMILES string of the molecule is COCCOc1ccc(NC(=O)C2(COC)CCNCC2)cc1Cl. The van der Waals surface area contributed by atoms with Crippen LogP contribution in [0.5, 0.6) is 5.75 Å². The minimum absolute atomic E-state index is 0.0324. The van der Waals surface area contributed by atoms with Crippen LogP contribution in [-0.2, 0) is 14.3 Å². The second kappa shape index (κ2) is 9.22. The molecule has 0 atom stereocenters. The minimum Gasteiger partial charge on any atom is -0.490 e. The van der Waals surface area contributed by atoms with Crippen LogP contribution in [0.15, 0.2) is 18.2 Å². The number of halogens is 1. The Morgan fingerprint density at radius 3 is 2.62 bits per heavy atom. The highest BCUT2D eigenvalue weighted by atomic mass is 35.5. The molecule has 0 aromatic heterocycles. The molecule has 1 heterocycles. The van der Waals surface area contributed by atoms with Crippen LogP contribution >= 0.6 is 11.6 Å². The molecule has 1 saturated heterocycles. The predicted molar refractivity (Wildman–Crippen MR) is 93.9 cm³/mol. The lowest BCUT2D eigenvalue weighted by Crippen LogP contribution is -2.47. The van der Waals surface area contributed by atoms with Gasteiger partial charge in [-0.2, -0.15) is 0 Å². The summed E-state index contributed by atoms with van der Waals surface area (Å²) >= 11 is 6.22. The second-order valence-corrected chi connectivity index (χ2v) is 6.31. The molecule has 24 heavy (non-hydrogen) atoms. The van der Waals surface area contributed by atoms with Crippen LogP contribution in [0.4, 0.5) is 5.69 Å². The van der Waals surface area contributed by atoms with Crippen molar-refractivity contribution < 1.29 is 19.0 Å². The van der Waals surface area contributed by atoms with Gasteiger partial charge in [0.1, 0.15) is 12.4 Å². The van der Waals surface area contributed by atoms with E-state index in [0.29, 0.717) is 36.3 Å². The van der Waals surface area contributed by atoms with Crippen molar-refractivity contribution in [3.63, 3.8) is 0 Å². The topological polar surface area (TPSA) is 68.8 Å². The molecule has 0 aliphatic carbocycles. The number of piperidine rings is 1. The first-order valence-corrected chi connectivity index (χ1v) is 8.41. The molecule has 0 saturated carbocycles. The summed E-state index contributed by atoms with van der Waals surface area (Å²) < 4.78 is 15.7. The van der Waals surface area contributed by atoms with Crippen molar-refractivity contribution in [2.24, 2.45) is 5.41 Å². The lowest BCUT2D eigenvalue weighted by molar-refractivity contribution is -0.130. The fourth-order valence-electron chi connectivity index (χ4n) is 2.81. The smallest absolute Gasteiger partial charge is 0.233 e. The minimum atomic E-state index is -0.500. The third-order valence-electron chi connectivity index (χ3n) is 4.20. The van der Waals surface area contributed by atoms with Crippen LogP contribution in [0.25, 0.3) is 0 Å². The van der Waals surface area contributed by atoms with Gasteiger partial charge in [0.25, 0.3) is 0 Å². The zero-order valence-electron chi connectivity index (χ0n) is 14.2. The Kier molecular flexibility index (Phi) is 7.30. The number of methoxy groups -OCH3 is 2. The molecule has 0 bridgehead atoms. The van der Waals surface area contributed by atoms with Crippen LogP contribution in [0.3, 0.4) is 0 Å². The normalized spacial score (nSPS) is 16.6. The van der Waals surface area contributed by atoms with E-state index in [1.54, 1.807) is 32.4 Å². The van der Waals surface area contributed by atoms with Gasteiger partial charge in [0, 0.05) is 19.9 Å². The van der Waals surface area contributed by atoms with E-state index in [1.165, 1.54) is 0 Å². The molecule has 1 aliphatic heterocycles. The number of hydrogen-bond acceptors (Lipinski definition) is 5. The Morgan fingerprint density at radius 2 is 2.00 bits per heavy atom. The summed E-state index contributed by atoms with van der Waals surface area (Å²) in [5, 5.41) is 6.69. The Hall–Kier alpha value is -1.34. The standard InChI is InChI=1S/C17H25ClN2O4/c1-22-9-10-24-15-4-3-13(11-14(15)18)20-16(21)17(12-23-2)5-7-19-8-6-17/h3-4,11,19H,5-10,12H2,1-2H3,(H,20,21). The van der Waals surface area contributed by atoms with Crippen LogP contribution < -0.4 is 15.4 Å². The van der Waals surface area contributed by atoms with E-state index < -0.39 is 5.41 Å². The average molecular weight is 357 g/mol. The summed E-state index contributed by atoms with van der Waals surface area (Å²) in [6, 6.07) is 5.23. The number of anilines is 1. The van der Waals surface area contributed by atoms with Crippen molar-refractivity contribution >= 4 is 23.2 Å². The number of carbonyl (C=O) groups is 1. The molecule has 0 unspecified atom stereocenters. The van der Waals surface area contributed by atoms with Crippen LogP contribution in [0, 0.1) is 5.41 Å². The number of benzene rings is 1. The average Bonchev–Trinajstić information content (AvgIpc) is 2.58. The number of rotatable bonds is 8. The van der Waals surface area contributed by atoms with Crippen molar-refractivity contribution in [2.75, 3.05) is 52.4 Å². The quantitative estimate of drug-likeness (QED) is 0.700. The highest BCUT2D eigenvalue weighted by Gasteiger charge is 2.39. The summed E-state index contributed by atoms with van der Waals surface area (Å²) in [6.45, 7) is 2.94. The van der Waals surface area contributed by atoms with E-state index in [0.717, 1.165) is 25.9 Å². The van der Waals surface area contributed by atoms with Gasteiger partial charge < -0.3 is 24.8 Å². The monoisotopic (exact) mass is 356 g/mol. The summed E-state index contributed by atoms with van der Waals surface area (Å²) in [7, 11) is 3.24. The maximum absolute atomic E-state index is 12.8. The first-order valence-electron chi connectivity index (χ1n) is 8.04. The number of nitrogens with one attached hydrogen (secondary N) is 2. The molecular formula is C17H25ClN2O4. The third kappa shape index (κ3) is 4.83. The van der Waals surface area contributed by atoms with Gasteiger partial charge >= 0.3 is 0 Å². The third-order valence-corrected chi connectivity index (χ3v) is 4.49. The zero-order valence-corrected chi connectivity index (χ0v) is 14.9. The lowest BCUT2D eigenvalue weighted by Gasteiger charge is -2.35. The van der Waals surface area contributed by atoms with Gasteiger partial charge in [0.2, 0.25) is 5.91 Å². The number of hydrogen-bond donors (Lipinski definition) is 2. The highest BCUT2D eigenvalue weighted by molar-refractivity contribution is 6.32. The second-order valence-electron chi connectivity index (χ2n) is 5.90. The van der Waals surface area contributed by atoms with Crippen LogP contribution in [0.1, 0.15) is 12.8 Å². The molecule has 1 aromatic carbocycles. The van der Waals surface area contributed by atoms with E-state index in [9.17, 15) is 4.79 Å². The first-order chi connectivity index (χ1) is 11.6. The lowest BCUT2D eigenvalue weighted by atomic mass is 9.78. The Labute approximate surface area is 147 Å². The molecule has 1 aliphatic rings. The van der Waals surface area contributed by atoms with Crippen molar-refractivity contribution in [3.05, 3.63) is 23.2 Å². The molecule has 6 nitrogen and oxygen atoms in total. The molecule has 0 spiro atoms. The fourth-order valence-corrected chi connectivity index (χ4v) is 3.05. The molecular weight excluding hydrogens is 332 g/mol. The van der Waals surface area contributed by atoms with Crippen molar-refractivity contribution in [3.8, 4) is 5.75 Å². The first kappa shape index (κ1) is 19.0. The van der Waals surface area contributed by atoms with Crippen LogP contribution in [0.2, 0.25) is 5.02 Å². The molecule has 1 fully saturated rings. The molecule has 7 heteroatoms. The van der Waals surface area contributed by atoms with Gasteiger partial charge in [-0.15, -0.1) is 0 Å². The van der Waals surface area contributed by atoms with Gasteiger partial charge in [-0.3, -0.25) is 4.79 Å². The van der Waals surface area contributed by atoms with Crippen molar-refractivity contribution in [1.29, 1.82) is 0 Å². The van der Waals surface area contributed by atoms with Gasteiger partial charge in [-0.25, -0.2) is 0 Å². The number of amides is 1. The van der Waals surface area contributed by atoms with E-state index in [4.69, 9.17) is 25.8 Å². The number of carbonyl (C=O) groups excluding carboxylic acids is 1. The van der Waals surface area contributed by atoms with E-state index >= 15 is 0 Å². The Bertz CT molecular complexity index is 542. The summed E-state index contributed by atoms with van der Waals surface area (Å²) in [5.74, 6) is 0.537. The summed E-state index contributed by atoms with van der Waals surface area (Å²) in [6.07, 6.45) is 1.50. The summed E-state index contributed by atoms with van der Waals surface area (Å²) in [4.78, 5) is 12.8. The summed E-state index contributed by atoms with van der Waals surface area (Å²) in [5.41, 5.74) is 0.151. The number of ether oxygens (including phenoxy) is 3. The highest BCUT2D eigenvalue weighted by Crippen LogP contribution is 2.32. The van der Waals surface area contributed by atoms with Gasteiger partial charge in [0.15, 0.2) is 0 Å². The zero-order chi connectivity index (χ0) is 17.4. The largest absolute Gasteiger partial charge is 0.490 e. The van der Waals surface area contributed by atoms with Gasteiger partial charge in [-0.05, 0) is 44.1 Å². The molecule has 2 rings (SSSR count). The maximum Gasteiger partial charge on any atom is 0.233 e.